The van der Waals surface area contributed by atoms with E-state index in [2.05, 4.69) is 15.1 Å². The molecule has 1 aliphatic heterocycles. The van der Waals surface area contributed by atoms with Gasteiger partial charge in [0.15, 0.2) is 10.1 Å². The Balaban J connectivity index is 1.34. The van der Waals surface area contributed by atoms with Crippen molar-refractivity contribution in [3.05, 3.63) is 70.7 Å². The highest BCUT2D eigenvalue weighted by Gasteiger charge is 2.28. The summed E-state index contributed by atoms with van der Waals surface area (Å²) in [4.78, 5) is 17.4. The minimum absolute atomic E-state index is 0.0935. The summed E-state index contributed by atoms with van der Waals surface area (Å²) >= 11 is 3.11. The molecule has 0 bridgehead atoms. The van der Waals surface area contributed by atoms with Crippen LogP contribution in [0.2, 0.25) is 0 Å². The normalized spacial score (nSPS) is 14.3. The number of para-hydroxylation sites is 1. The number of furan rings is 1. The molecule has 1 aliphatic rings. The van der Waals surface area contributed by atoms with Crippen molar-refractivity contribution in [2.75, 3.05) is 31.1 Å². The van der Waals surface area contributed by atoms with Crippen LogP contribution >= 0.6 is 23.1 Å². The van der Waals surface area contributed by atoms with E-state index < -0.39 is 0 Å². The number of carbonyl (C=O) groups excluding carboxylic acids is 1. The minimum atomic E-state index is -0.249. The summed E-state index contributed by atoms with van der Waals surface area (Å²) in [6, 6.07) is 14.2. The fraction of sp³-hybridized carbons (Fsp3) is 0.261. The van der Waals surface area contributed by atoms with Crippen LogP contribution in [-0.4, -0.2) is 47.2 Å². The number of carbonyl (C=O) groups is 1. The molecule has 0 aliphatic carbocycles. The number of aryl methyl sites for hydroxylation is 1. The maximum atomic E-state index is 13.4. The van der Waals surface area contributed by atoms with Gasteiger partial charge >= 0.3 is 0 Å². The number of aromatic nitrogens is 2. The molecule has 0 radical (unpaired) electrons. The Bertz CT molecular complexity index is 1250. The molecule has 0 saturated carbocycles. The van der Waals surface area contributed by atoms with Crippen molar-refractivity contribution < 1.29 is 13.6 Å². The number of fused-ring (bicyclic) bond motifs is 1. The average Bonchev–Trinajstić information content (AvgIpc) is 3.41. The van der Waals surface area contributed by atoms with Crippen molar-refractivity contribution in [2.45, 2.75) is 17.0 Å². The maximum Gasteiger partial charge on any atom is 0.290 e. The van der Waals surface area contributed by atoms with E-state index in [1.807, 2.05) is 36.1 Å². The standard InChI is InChI=1S/C23H21FN4O2S2/c1-15-25-26-23(32-15)31-14-19-18-4-2-3-5-20(18)30-21(19)22(29)28-12-10-27(11-13-28)17-8-6-16(24)7-9-17/h2-9H,10-14H2,1H3. The third-order valence-electron chi connectivity index (χ3n) is 5.50. The molecule has 9 heteroatoms. The van der Waals surface area contributed by atoms with Crippen LogP contribution in [0.25, 0.3) is 11.0 Å². The average molecular weight is 469 g/mol. The number of nitrogens with zero attached hydrogens (tertiary/aromatic N) is 4. The number of amides is 1. The molecule has 0 N–H and O–H groups in total. The molecular formula is C23H21FN4O2S2. The van der Waals surface area contributed by atoms with Crippen LogP contribution in [0.5, 0.6) is 0 Å². The zero-order valence-corrected chi connectivity index (χ0v) is 19.1. The van der Waals surface area contributed by atoms with Crippen LogP contribution in [0.1, 0.15) is 21.1 Å². The Hall–Kier alpha value is -2.91. The molecule has 164 valence electrons. The zero-order valence-electron chi connectivity index (χ0n) is 17.5. The summed E-state index contributed by atoms with van der Waals surface area (Å²) in [5, 5.41) is 10.1. The highest BCUT2D eigenvalue weighted by molar-refractivity contribution is 8.00. The van der Waals surface area contributed by atoms with Gasteiger partial charge in [-0.25, -0.2) is 4.39 Å². The first-order valence-corrected chi connectivity index (χ1v) is 12.1. The van der Waals surface area contributed by atoms with E-state index in [4.69, 9.17) is 4.42 Å². The Morgan fingerprint density at radius 3 is 2.56 bits per heavy atom. The third kappa shape index (κ3) is 4.22. The van der Waals surface area contributed by atoms with Crippen LogP contribution in [0.15, 0.2) is 57.3 Å². The van der Waals surface area contributed by atoms with E-state index in [9.17, 15) is 9.18 Å². The van der Waals surface area contributed by atoms with Crippen molar-refractivity contribution in [3.8, 4) is 0 Å². The molecule has 6 nitrogen and oxygen atoms in total. The number of benzene rings is 2. The quantitative estimate of drug-likeness (QED) is 0.385. The molecule has 1 fully saturated rings. The third-order valence-corrected chi connectivity index (χ3v) is 7.50. The lowest BCUT2D eigenvalue weighted by Crippen LogP contribution is -2.48. The van der Waals surface area contributed by atoms with Crippen molar-refractivity contribution >= 4 is 45.7 Å². The Labute approximate surface area is 193 Å². The number of hydrogen-bond donors (Lipinski definition) is 0. The lowest BCUT2D eigenvalue weighted by atomic mass is 10.1. The lowest BCUT2D eigenvalue weighted by Gasteiger charge is -2.35. The highest BCUT2D eigenvalue weighted by atomic mass is 32.2. The monoisotopic (exact) mass is 468 g/mol. The van der Waals surface area contributed by atoms with Gasteiger partial charge in [-0.3, -0.25) is 4.79 Å². The van der Waals surface area contributed by atoms with Gasteiger partial charge in [-0.15, -0.1) is 10.2 Å². The SMILES string of the molecule is Cc1nnc(SCc2c(C(=O)N3CCN(c4ccc(F)cc4)CC3)oc3ccccc23)s1. The van der Waals surface area contributed by atoms with Gasteiger partial charge in [-0.2, -0.15) is 0 Å². The molecular weight excluding hydrogens is 447 g/mol. The zero-order chi connectivity index (χ0) is 22.1. The van der Waals surface area contributed by atoms with E-state index in [1.54, 1.807) is 35.2 Å². The van der Waals surface area contributed by atoms with Crippen molar-refractivity contribution in [1.82, 2.24) is 15.1 Å². The summed E-state index contributed by atoms with van der Waals surface area (Å²) < 4.78 is 20.1. The molecule has 0 unspecified atom stereocenters. The number of piperazine rings is 1. The molecule has 0 atom stereocenters. The Morgan fingerprint density at radius 2 is 1.84 bits per heavy atom. The van der Waals surface area contributed by atoms with E-state index >= 15 is 0 Å². The largest absolute Gasteiger partial charge is 0.451 e. The summed E-state index contributed by atoms with van der Waals surface area (Å²) in [5.74, 6) is 0.642. The van der Waals surface area contributed by atoms with E-state index in [-0.39, 0.29) is 11.7 Å². The van der Waals surface area contributed by atoms with Gasteiger partial charge in [0.1, 0.15) is 16.4 Å². The second-order valence-corrected chi connectivity index (χ2v) is 9.94. The summed E-state index contributed by atoms with van der Waals surface area (Å²) in [6.07, 6.45) is 0. The molecule has 2 aromatic carbocycles. The van der Waals surface area contributed by atoms with Gasteiger partial charge in [0, 0.05) is 48.6 Å². The summed E-state index contributed by atoms with van der Waals surface area (Å²) in [7, 11) is 0. The van der Waals surface area contributed by atoms with Gasteiger partial charge < -0.3 is 14.2 Å². The van der Waals surface area contributed by atoms with E-state index in [0.717, 1.165) is 26.0 Å². The number of hydrogen-bond acceptors (Lipinski definition) is 7. The van der Waals surface area contributed by atoms with Crippen LogP contribution in [-0.2, 0) is 5.75 Å². The topological polar surface area (TPSA) is 62.5 Å². The van der Waals surface area contributed by atoms with E-state index in [0.29, 0.717) is 43.3 Å². The van der Waals surface area contributed by atoms with Crippen LogP contribution in [0.3, 0.4) is 0 Å². The van der Waals surface area contributed by atoms with Crippen molar-refractivity contribution in [3.63, 3.8) is 0 Å². The molecule has 3 heterocycles. The molecule has 2 aromatic heterocycles. The van der Waals surface area contributed by atoms with Gasteiger partial charge in [0.2, 0.25) is 0 Å². The first-order valence-electron chi connectivity index (χ1n) is 10.3. The van der Waals surface area contributed by atoms with Gasteiger partial charge in [0.05, 0.1) is 0 Å². The summed E-state index contributed by atoms with van der Waals surface area (Å²) in [5.41, 5.74) is 2.57. The molecule has 1 amide bonds. The fourth-order valence-electron chi connectivity index (χ4n) is 3.85. The first kappa shape index (κ1) is 21.0. The van der Waals surface area contributed by atoms with Crippen molar-refractivity contribution in [1.29, 1.82) is 0 Å². The smallest absolute Gasteiger partial charge is 0.290 e. The summed E-state index contributed by atoms with van der Waals surface area (Å²) in [6.45, 7) is 4.46. The molecule has 4 aromatic rings. The predicted molar refractivity (Wildman–Crippen MR) is 125 cm³/mol. The predicted octanol–water partition coefficient (Wildman–Crippen LogP) is 4.99. The van der Waals surface area contributed by atoms with Crippen LogP contribution in [0.4, 0.5) is 10.1 Å². The number of rotatable bonds is 5. The molecule has 0 spiro atoms. The van der Waals surface area contributed by atoms with Gasteiger partial charge in [0.25, 0.3) is 5.91 Å². The van der Waals surface area contributed by atoms with Gasteiger partial charge in [-0.05, 0) is 37.3 Å². The molecule has 32 heavy (non-hydrogen) atoms. The van der Waals surface area contributed by atoms with Crippen molar-refractivity contribution in [2.24, 2.45) is 0 Å². The first-order chi connectivity index (χ1) is 15.6. The van der Waals surface area contributed by atoms with Crippen LogP contribution < -0.4 is 4.90 Å². The number of thioether (sulfide) groups is 1. The lowest BCUT2D eigenvalue weighted by molar-refractivity contribution is 0.0716. The number of anilines is 1. The van der Waals surface area contributed by atoms with Gasteiger partial charge in [-0.1, -0.05) is 41.3 Å². The van der Waals surface area contributed by atoms with E-state index in [1.165, 1.54) is 12.1 Å². The number of halogens is 1. The fourth-order valence-corrected chi connectivity index (χ4v) is 5.69. The maximum absolute atomic E-state index is 13.4. The Kier molecular flexibility index (Phi) is 5.84. The molecule has 1 saturated heterocycles. The highest BCUT2D eigenvalue weighted by Crippen LogP contribution is 2.34. The second kappa shape index (κ2) is 8.91. The minimum Gasteiger partial charge on any atom is -0.451 e. The Morgan fingerprint density at radius 1 is 1.09 bits per heavy atom. The molecule has 5 rings (SSSR count). The second-order valence-electron chi connectivity index (χ2n) is 7.54. The van der Waals surface area contributed by atoms with Crippen LogP contribution in [0, 0.1) is 12.7 Å².